The summed E-state index contributed by atoms with van der Waals surface area (Å²) in [4.78, 5) is 34.2. The van der Waals surface area contributed by atoms with Crippen molar-refractivity contribution in [2.24, 2.45) is 19.1 Å². The third-order valence-electron chi connectivity index (χ3n) is 4.98. The summed E-state index contributed by atoms with van der Waals surface area (Å²) < 4.78 is 2.79. The minimum atomic E-state index is -0.346. The molecule has 7 heteroatoms. The Bertz CT molecular complexity index is 1410. The number of rotatable bonds is 1. The van der Waals surface area contributed by atoms with Gasteiger partial charge in [0.05, 0.1) is 11.0 Å². The first-order valence-electron chi connectivity index (χ1n) is 8.75. The minimum absolute atomic E-state index is 0.147. The lowest BCUT2D eigenvalue weighted by molar-refractivity contribution is 0.666. The van der Waals surface area contributed by atoms with Gasteiger partial charge in [-0.1, -0.05) is 24.4 Å². The predicted molar refractivity (Wildman–Crippen MR) is 112 cm³/mol. The van der Waals surface area contributed by atoms with Gasteiger partial charge in [-0.2, -0.15) is 0 Å². The maximum absolute atomic E-state index is 12.7. The van der Waals surface area contributed by atoms with Gasteiger partial charge in [0, 0.05) is 43.7 Å². The lowest BCUT2D eigenvalue weighted by Gasteiger charge is -2.17. The molecule has 0 bridgehead atoms. The number of aromatic nitrogens is 2. The van der Waals surface area contributed by atoms with Gasteiger partial charge in [0.2, 0.25) is 0 Å². The molecule has 2 aromatic carbocycles. The number of fused-ring (bicyclic) bond motifs is 2. The average molecular weight is 392 g/mol. The molecule has 0 N–H and O–H groups in total. The smallest absolute Gasteiger partial charge is 0.265 e. The normalized spacial score (nSPS) is 12.1. The van der Waals surface area contributed by atoms with Crippen LogP contribution >= 0.6 is 11.8 Å². The fourth-order valence-electron chi connectivity index (χ4n) is 3.18. The lowest BCUT2D eigenvalue weighted by Crippen LogP contribution is -2.45. The molecule has 142 valence electrons. The minimum Gasteiger partial charge on any atom is -0.378 e. The highest BCUT2D eigenvalue weighted by Gasteiger charge is 2.13. The van der Waals surface area contributed by atoms with Gasteiger partial charge in [0.1, 0.15) is 10.7 Å². The summed E-state index contributed by atoms with van der Waals surface area (Å²) in [5.41, 5.74) is 1.69. The average Bonchev–Trinajstić information content (AvgIpc) is 2.68. The third kappa shape index (κ3) is 2.79. The van der Waals surface area contributed by atoms with Crippen LogP contribution < -0.4 is 26.9 Å². The van der Waals surface area contributed by atoms with Crippen LogP contribution in [0.2, 0.25) is 0 Å². The molecule has 2 heterocycles. The standard InChI is InChI=1S/C21H20N4O2S/c1-12-24(4)20(26)19(21(27)25(12)5)13-6-8-15-17(10-13)28-18-11-14(23(2)3)7-9-16(18)22-15/h6-11H,1H2,2-5H3. The summed E-state index contributed by atoms with van der Waals surface area (Å²) in [5, 5.41) is 1.57. The molecule has 28 heavy (non-hydrogen) atoms. The van der Waals surface area contributed by atoms with E-state index in [1.807, 2.05) is 43.3 Å². The van der Waals surface area contributed by atoms with Crippen molar-refractivity contribution in [2.45, 2.75) is 9.79 Å². The predicted octanol–water partition coefficient (Wildman–Crippen LogP) is 1.26. The Labute approximate surface area is 165 Å². The van der Waals surface area contributed by atoms with Crippen molar-refractivity contribution >= 4 is 29.7 Å². The summed E-state index contributed by atoms with van der Waals surface area (Å²) in [6.07, 6.45) is 0. The Morgan fingerprint density at radius 1 is 0.964 bits per heavy atom. The lowest BCUT2D eigenvalue weighted by atomic mass is 10.2. The number of nitrogens with zero attached hydrogens (tertiary/aromatic N) is 4. The van der Waals surface area contributed by atoms with Gasteiger partial charge >= 0.3 is 0 Å². The fourth-order valence-corrected chi connectivity index (χ4v) is 4.22. The number of hydrogen-bond acceptors (Lipinski definition) is 5. The van der Waals surface area contributed by atoms with Crippen LogP contribution in [-0.4, -0.2) is 23.2 Å². The van der Waals surface area contributed by atoms with E-state index in [4.69, 9.17) is 4.99 Å². The van der Waals surface area contributed by atoms with Crippen LogP contribution in [-0.2, 0) is 14.1 Å². The van der Waals surface area contributed by atoms with Crippen molar-refractivity contribution in [2.75, 3.05) is 19.0 Å². The van der Waals surface area contributed by atoms with Crippen molar-refractivity contribution in [1.29, 1.82) is 0 Å². The van der Waals surface area contributed by atoms with Crippen LogP contribution in [0.15, 0.2) is 60.8 Å². The van der Waals surface area contributed by atoms with E-state index in [1.165, 1.54) is 9.13 Å². The molecule has 1 aliphatic heterocycles. The topological polar surface area (TPSA) is 59.6 Å². The monoisotopic (exact) mass is 392 g/mol. The van der Waals surface area contributed by atoms with E-state index in [-0.39, 0.29) is 16.3 Å². The Morgan fingerprint density at radius 2 is 1.64 bits per heavy atom. The molecule has 0 atom stereocenters. The fraction of sp³-hybridized carbons (Fsp3) is 0.190. The third-order valence-corrected chi connectivity index (χ3v) is 6.07. The van der Waals surface area contributed by atoms with E-state index in [2.05, 4.69) is 12.6 Å². The first-order chi connectivity index (χ1) is 13.3. The van der Waals surface area contributed by atoms with Crippen LogP contribution in [0.4, 0.5) is 11.4 Å². The van der Waals surface area contributed by atoms with Gasteiger partial charge in [0.15, 0.2) is 0 Å². The summed E-state index contributed by atoms with van der Waals surface area (Å²) in [5.74, 6) is 0. The molecule has 0 fully saturated rings. The summed E-state index contributed by atoms with van der Waals surface area (Å²) in [6.45, 7) is 3.80. The highest BCUT2D eigenvalue weighted by Crippen LogP contribution is 2.38. The zero-order valence-electron chi connectivity index (χ0n) is 16.2. The second kappa shape index (κ2) is 6.53. The summed E-state index contributed by atoms with van der Waals surface area (Å²) in [7, 11) is 7.23. The molecule has 6 nitrogen and oxygen atoms in total. The first-order valence-corrected chi connectivity index (χ1v) is 9.57. The maximum atomic E-state index is 12.7. The highest BCUT2D eigenvalue weighted by atomic mass is 32.2. The van der Waals surface area contributed by atoms with Crippen LogP contribution in [0.25, 0.3) is 6.58 Å². The number of anilines is 1. The largest absolute Gasteiger partial charge is 0.378 e. The first kappa shape index (κ1) is 18.3. The van der Waals surface area contributed by atoms with Crippen molar-refractivity contribution in [3.63, 3.8) is 0 Å². The van der Waals surface area contributed by atoms with Crippen LogP contribution in [0.5, 0.6) is 0 Å². The van der Waals surface area contributed by atoms with Gasteiger partial charge in [-0.15, -0.1) is 0 Å². The maximum Gasteiger partial charge on any atom is 0.265 e. The molecular formula is C21H20N4O2S. The van der Waals surface area contributed by atoms with Gasteiger partial charge < -0.3 is 4.90 Å². The molecule has 0 amide bonds. The van der Waals surface area contributed by atoms with Crippen LogP contribution in [0.3, 0.4) is 0 Å². The zero-order chi connectivity index (χ0) is 20.2. The van der Waals surface area contributed by atoms with Gasteiger partial charge in [-0.05, 0) is 35.6 Å². The van der Waals surface area contributed by atoms with Gasteiger partial charge in [-0.3, -0.25) is 18.7 Å². The molecule has 0 aliphatic carbocycles. The Hall–Kier alpha value is -3.06. The van der Waals surface area contributed by atoms with E-state index in [9.17, 15) is 9.59 Å². The van der Waals surface area contributed by atoms with Crippen molar-refractivity contribution in [3.05, 3.63) is 78.4 Å². The second-order valence-electron chi connectivity index (χ2n) is 6.96. The second-order valence-corrected chi connectivity index (χ2v) is 8.05. The molecule has 1 aromatic heterocycles. The highest BCUT2D eigenvalue weighted by molar-refractivity contribution is 7.99. The molecule has 0 saturated carbocycles. The van der Waals surface area contributed by atoms with Crippen molar-refractivity contribution in [1.82, 2.24) is 9.13 Å². The van der Waals surface area contributed by atoms with Crippen molar-refractivity contribution < 1.29 is 0 Å². The summed E-state index contributed by atoms with van der Waals surface area (Å²) >= 11 is 1.60. The molecule has 4 rings (SSSR count). The molecular weight excluding hydrogens is 372 g/mol. The van der Waals surface area contributed by atoms with Gasteiger partial charge in [0.25, 0.3) is 11.1 Å². The molecule has 0 radical (unpaired) electrons. The van der Waals surface area contributed by atoms with Gasteiger partial charge in [-0.25, -0.2) is 4.99 Å². The Kier molecular flexibility index (Phi) is 4.27. The number of benzene rings is 2. The van der Waals surface area contributed by atoms with E-state index in [0.29, 0.717) is 10.7 Å². The molecule has 0 spiro atoms. The molecule has 0 unspecified atom stereocenters. The Balaban J connectivity index is 2.03. The SMILES string of the molecule is C=c1n(C)c(=O)c(=c2ccc3c(c2)Sc2cc(N(C)C)ccc2N=3)c(=O)n1C. The van der Waals surface area contributed by atoms with E-state index < -0.39 is 0 Å². The Morgan fingerprint density at radius 3 is 2.29 bits per heavy atom. The molecule has 3 aromatic rings. The number of hydrogen-bond donors (Lipinski definition) is 0. The van der Waals surface area contributed by atoms with Crippen molar-refractivity contribution in [3.8, 4) is 0 Å². The molecule has 1 aliphatic rings. The molecule has 0 saturated heterocycles. The van der Waals surface area contributed by atoms with E-state index in [0.717, 1.165) is 26.5 Å². The zero-order valence-corrected chi connectivity index (χ0v) is 17.0. The quantitative estimate of drug-likeness (QED) is 0.489. The summed E-state index contributed by atoms with van der Waals surface area (Å²) in [6, 6.07) is 11.6. The van der Waals surface area contributed by atoms with E-state index in [1.54, 1.807) is 31.9 Å². The van der Waals surface area contributed by atoms with Crippen LogP contribution in [0.1, 0.15) is 0 Å². The van der Waals surface area contributed by atoms with E-state index >= 15 is 0 Å². The van der Waals surface area contributed by atoms with Crippen LogP contribution in [0, 0.1) is 10.4 Å².